The molecule has 0 spiro atoms. The van der Waals surface area contributed by atoms with Crippen LogP contribution < -0.4 is 5.73 Å². The molecule has 2 N–H and O–H groups in total. The monoisotopic (exact) mass is 347 g/mol. The van der Waals surface area contributed by atoms with Crippen LogP contribution >= 0.6 is 15.9 Å². The topological polar surface area (TPSA) is 26.0 Å². The molecular formula is C14H10BrF4N. The Morgan fingerprint density at radius 1 is 1.00 bits per heavy atom. The lowest BCUT2D eigenvalue weighted by molar-refractivity contribution is 0.435. The molecule has 2 aromatic rings. The summed E-state index contributed by atoms with van der Waals surface area (Å²) in [6.45, 7) is 0. The van der Waals surface area contributed by atoms with Gasteiger partial charge in [-0.15, -0.1) is 0 Å². The quantitative estimate of drug-likeness (QED) is 0.651. The summed E-state index contributed by atoms with van der Waals surface area (Å²) >= 11 is 3.13. The maximum absolute atomic E-state index is 13.6. The number of rotatable bonds is 3. The van der Waals surface area contributed by atoms with E-state index in [2.05, 4.69) is 15.9 Å². The molecule has 0 fully saturated rings. The van der Waals surface area contributed by atoms with Gasteiger partial charge >= 0.3 is 0 Å². The van der Waals surface area contributed by atoms with Crippen molar-refractivity contribution < 1.29 is 17.6 Å². The standard InChI is InChI=1S/C14H10BrF4N/c15-8-3-7(4-9(16)6-8)5-12(20)10-1-2-11(17)14(19)13(10)18/h1-4,6,12H,5,20H2. The van der Waals surface area contributed by atoms with Gasteiger partial charge in [0.1, 0.15) is 5.82 Å². The number of hydrogen-bond acceptors (Lipinski definition) is 1. The van der Waals surface area contributed by atoms with Gasteiger partial charge < -0.3 is 5.73 Å². The number of hydrogen-bond donors (Lipinski definition) is 1. The molecule has 0 heterocycles. The van der Waals surface area contributed by atoms with Gasteiger partial charge in [0.2, 0.25) is 0 Å². The lowest BCUT2D eigenvalue weighted by Gasteiger charge is -2.14. The third-order valence-electron chi connectivity index (χ3n) is 2.84. The zero-order valence-corrected chi connectivity index (χ0v) is 11.7. The fourth-order valence-electron chi connectivity index (χ4n) is 1.92. The molecular weight excluding hydrogens is 338 g/mol. The van der Waals surface area contributed by atoms with Crippen LogP contribution in [0.15, 0.2) is 34.8 Å². The Bertz CT molecular complexity index is 625. The average Bonchev–Trinajstić information content (AvgIpc) is 2.34. The highest BCUT2D eigenvalue weighted by molar-refractivity contribution is 9.10. The predicted molar refractivity (Wildman–Crippen MR) is 71.0 cm³/mol. The van der Waals surface area contributed by atoms with E-state index >= 15 is 0 Å². The molecule has 0 saturated carbocycles. The van der Waals surface area contributed by atoms with E-state index in [1.165, 1.54) is 12.1 Å². The van der Waals surface area contributed by atoms with Crippen LogP contribution in [0.5, 0.6) is 0 Å². The Labute approximate surface area is 121 Å². The van der Waals surface area contributed by atoms with Gasteiger partial charge in [-0.2, -0.15) is 0 Å². The van der Waals surface area contributed by atoms with Gasteiger partial charge in [-0.3, -0.25) is 0 Å². The van der Waals surface area contributed by atoms with Crippen LogP contribution in [-0.2, 0) is 6.42 Å². The first-order chi connectivity index (χ1) is 9.38. The molecule has 0 amide bonds. The molecule has 0 aliphatic carbocycles. The Kier molecular flexibility index (Phi) is 4.45. The molecule has 0 radical (unpaired) electrons. The van der Waals surface area contributed by atoms with E-state index in [0.717, 1.165) is 12.1 Å². The molecule has 6 heteroatoms. The zero-order valence-electron chi connectivity index (χ0n) is 10.1. The molecule has 1 nitrogen and oxygen atoms in total. The second-order valence-electron chi connectivity index (χ2n) is 4.35. The van der Waals surface area contributed by atoms with Crippen molar-refractivity contribution in [2.75, 3.05) is 0 Å². The van der Waals surface area contributed by atoms with Gasteiger partial charge in [-0.05, 0) is 36.2 Å². The highest BCUT2D eigenvalue weighted by atomic mass is 79.9. The largest absolute Gasteiger partial charge is 0.324 e. The van der Waals surface area contributed by atoms with Gasteiger partial charge in [-0.1, -0.05) is 22.0 Å². The van der Waals surface area contributed by atoms with Crippen LogP contribution in [0, 0.1) is 23.3 Å². The lowest BCUT2D eigenvalue weighted by atomic mass is 9.99. The normalized spacial score (nSPS) is 12.5. The van der Waals surface area contributed by atoms with E-state index in [9.17, 15) is 17.6 Å². The maximum atomic E-state index is 13.6. The van der Waals surface area contributed by atoms with E-state index in [4.69, 9.17) is 5.73 Å². The smallest absolute Gasteiger partial charge is 0.194 e. The van der Waals surface area contributed by atoms with Gasteiger partial charge in [-0.25, -0.2) is 17.6 Å². The molecule has 0 aliphatic rings. The summed E-state index contributed by atoms with van der Waals surface area (Å²) in [6, 6.07) is 5.15. The number of benzene rings is 2. The van der Waals surface area contributed by atoms with Gasteiger partial charge in [0.05, 0.1) is 0 Å². The fourth-order valence-corrected chi connectivity index (χ4v) is 2.43. The minimum atomic E-state index is -1.56. The summed E-state index contributed by atoms with van der Waals surface area (Å²) < 4.78 is 53.3. The van der Waals surface area contributed by atoms with Crippen molar-refractivity contribution in [1.29, 1.82) is 0 Å². The van der Waals surface area contributed by atoms with Crippen LogP contribution in [0.25, 0.3) is 0 Å². The minimum absolute atomic E-state index is 0.0956. The Balaban J connectivity index is 2.28. The molecule has 1 atom stereocenters. The van der Waals surface area contributed by atoms with E-state index in [0.29, 0.717) is 10.0 Å². The third-order valence-corrected chi connectivity index (χ3v) is 3.30. The van der Waals surface area contributed by atoms with Crippen molar-refractivity contribution in [3.8, 4) is 0 Å². The average molecular weight is 348 g/mol. The second-order valence-corrected chi connectivity index (χ2v) is 5.27. The third kappa shape index (κ3) is 3.19. The van der Waals surface area contributed by atoms with Crippen molar-refractivity contribution in [3.05, 3.63) is 69.2 Å². The highest BCUT2D eigenvalue weighted by Gasteiger charge is 2.18. The summed E-state index contributed by atoms with van der Waals surface area (Å²) in [7, 11) is 0. The molecule has 2 aromatic carbocycles. The van der Waals surface area contributed by atoms with Crippen LogP contribution in [0.3, 0.4) is 0 Å². The Hall–Kier alpha value is -1.40. The Morgan fingerprint density at radius 2 is 1.70 bits per heavy atom. The van der Waals surface area contributed by atoms with Crippen molar-refractivity contribution in [2.45, 2.75) is 12.5 Å². The maximum Gasteiger partial charge on any atom is 0.194 e. The molecule has 0 bridgehead atoms. The summed E-state index contributed by atoms with van der Waals surface area (Å²) in [4.78, 5) is 0. The summed E-state index contributed by atoms with van der Waals surface area (Å²) in [5.41, 5.74) is 6.15. The molecule has 1 unspecified atom stereocenters. The molecule has 0 saturated heterocycles. The van der Waals surface area contributed by atoms with Gasteiger partial charge in [0, 0.05) is 16.1 Å². The van der Waals surface area contributed by atoms with Gasteiger partial charge in [0.15, 0.2) is 17.5 Å². The lowest BCUT2D eigenvalue weighted by Crippen LogP contribution is -2.16. The van der Waals surface area contributed by atoms with E-state index in [1.807, 2.05) is 0 Å². The molecule has 20 heavy (non-hydrogen) atoms. The zero-order chi connectivity index (χ0) is 14.9. The van der Waals surface area contributed by atoms with E-state index in [1.54, 1.807) is 6.07 Å². The van der Waals surface area contributed by atoms with Crippen LogP contribution in [0.4, 0.5) is 17.6 Å². The van der Waals surface area contributed by atoms with E-state index < -0.39 is 29.3 Å². The molecule has 0 aliphatic heterocycles. The second kappa shape index (κ2) is 5.93. The van der Waals surface area contributed by atoms with Crippen molar-refractivity contribution in [1.82, 2.24) is 0 Å². The highest BCUT2D eigenvalue weighted by Crippen LogP contribution is 2.24. The first-order valence-corrected chi connectivity index (χ1v) is 6.51. The predicted octanol–water partition coefficient (Wildman–Crippen LogP) is 4.25. The summed E-state index contributed by atoms with van der Waals surface area (Å²) in [5, 5.41) is 0. The van der Waals surface area contributed by atoms with Crippen molar-refractivity contribution >= 4 is 15.9 Å². The molecule has 2 rings (SSSR count). The van der Waals surface area contributed by atoms with Crippen LogP contribution in [0.2, 0.25) is 0 Å². The number of nitrogens with two attached hydrogens (primary N) is 1. The van der Waals surface area contributed by atoms with Crippen LogP contribution in [0.1, 0.15) is 17.2 Å². The fraction of sp³-hybridized carbons (Fsp3) is 0.143. The van der Waals surface area contributed by atoms with Crippen molar-refractivity contribution in [3.63, 3.8) is 0 Å². The summed E-state index contributed by atoms with van der Waals surface area (Å²) in [6.07, 6.45) is 0.0956. The molecule has 0 aromatic heterocycles. The van der Waals surface area contributed by atoms with Gasteiger partial charge in [0.25, 0.3) is 0 Å². The first kappa shape index (κ1) is 15.0. The van der Waals surface area contributed by atoms with Crippen LogP contribution in [-0.4, -0.2) is 0 Å². The molecule has 106 valence electrons. The van der Waals surface area contributed by atoms with E-state index in [-0.39, 0.29) is 12.0 Å². The summed E-state index contributed by atoms with van der Waals surface area (Å²) in [5.74, 6) is -4.61. The Morgan fingerprint density at radius 3 is 2.35 bits per heavy atom. The van der Waals surface area contributed by atoms with Crippen molar-refractivity contribution in [2.24, 2.45) is 5.73 Å². The number of halogens is 5. The minimum Gasteiger partial charge on any atom is -0.324 e. The SMILES string of the molecule is NC(Cc1cc(F)cc(Br)c1)c1ccc(F)c(F)c1F. The first-order valence-electron chi connectivity index (χ1n) is 5.72.